The summed E-state index contributed by atoms with van der Waals surface area (Å²) in [7, 11) is 1.75. The fourth-order valence-corrected chi connectivity index (χ4v) is 2.04. The molecule has 1 aromatic carbocycles. The van der Waals surface area contributed by atoms with E-state index >= 15 is 0 Å². The number of nitrogens with zero attached hydrogens (tertiary/aromatic N) is 2. The highest BCUT2D eigenvalue weighted by Gasteiger charge is 2.14. The number of aromatic carboxylic acids is 1. The van der Waals surface area contributed by atoms with Gasteiger partial charge in [0.25, 0.3) is 5.91 Å². The van der Waals surface area contributed by atoms with Crippen LogP contribution in [0.5, 0.6) is 5.75 Å². The van der Waals surface area contributed by atoms with Crippen molar-refractivity contribution in [1.29, 1.82) is 0 Å². The van der Waals surface area contributed by atoms with Crippen molar-refractivity contribution in [1.82, 2.24) is 9.78 Å². The van der Waals surface area contributed by atoms with Crippen molar-refractivity contribution in [2.75, 3.05) is 11.9 Å². The number of carboxylic acids is 1. The van der Waals surface area contributed by atoms with Gasteiger partial charge in [0.05, 0.1) is 16.9 Å². The molecule has 0 fully saturated rings. The molecule has 7 nitrogen and oxygen atoms in total. The van der Waals surface area contributed by atoms with E-state index in [0.29, 0.717) is 11.4 Å². The zero-order valence-electron chi connectivity index (χ0n) is 12.9. The molecule has 0 aliphatic carbocycles. The summed E-state index contributed by atoms with van der Waals surface area (Å²) >= 11 is 0. The number of hydrogen-bond acceptors (Lipinski definition) is 4. The van der Waals surface area contributed by atoms with Crippen molar-refractivity contribution in [2.24, 2.45) is 7.05 Å². The number of carbonyl (C=O) groups is 2. The number of ether oxygens (including phenoxy) is 1. The highest BCUT2D eigenvalue weighted by molar-refractivity contribution is 5.94. The molecule has 1 amide bonds. The number of carboxylic acid groups (broad SMARTS) is 1. The van der Waals surface area contributed by atoms with Gasteiger partial charge in [0.2, 0.25) is 0 Å². The summed E-state index contributed by atoms with van der Waals surface area (Å²) in [5, 5.41) is 15.3. The molecule has 0 saturated heterocycles. The lowest BCUT2D eigenvalue weighted by Crippen LogP contribution is -2.21. The van der Waals surface area contributed by atoms with Gasteiger partial charge in [-0.25, -0.2) is 9.18 Å². The van der Waals surface area contributed by atoms with Gasteiger partial charge in [-0.05, 0) is 32.0 Å². The van der Waals surface area contributed by atoms with Crippen LogP contribution in [-0.4, -0.2) is 33.4 Å². The van der Waals surface area contributed by atoms with Gasteiger partial charge >= 0.3 is 5.97 Å². The number of carbonyl (C=O) groups excluding carboxylic acids is 1. The zero-order valence-corrected chi connectivity index (χ0v) is 12.9. The second kappa shape index (κ2) is 6.47. The topological polar surface area (TPSA) is 93.5 Å². The molecular weight excluding hydrogens is 305 g/mol. The Balaban J connectivity index is 2.05. The van der Waals surface area contributed by atoms with E-state index in [-0.39, 0.29) is 17.9 Å². The maximum atomic E-state index is 13.6. The molecule has 0 aliphatic rings. The molecular formula is C15H16FN3O4. The maximum absolute atomic E-state index is 13.6. The first-order valence-electron chi connectivity index (χ1n) is 6.75. The minimum absolute atomic E-state index is 0.124. The molecule has 0 spiro atoms. The van der Waals surface area contributed by atoms with E-state index in [1.807, 2.05) is 0 Å². The molecule has 2 N–H and O–H groups in total. The average molecular weight is 321 g/mol. The van der Waals surface area contributed by atoms with E-state index in [1.54, 1.807) is 25.6 Å². The van der Waals surface area contributed by atoms with Crippen LogP contribution in [0.1, 0.15) is 21.7 Å². The second-order valence-corrected chi connectivity index (χ2v) is 4.96. The minimum Gasteiger partial charge on any atom is -0.480 e. The molecule has 0 bridgehead atoms. The van der Waals surface area contributed by atoms with Crippen LogP contribution in [0.2, 0.25) is 0 Å². The second-order valence-electron chi connectivity index (χ2n) is 4.96. The van der Waals surface area contributed by atoms with Crippen molar-refractivity contribution >= 4 is 17.6 Å². The summed E-state index contributed by atoms with van der Waals surface area (Å²) in [5.74, 6) is -2.05. The standard InChI is InChI=1S/C15H16FN3O4/c1-8-14(9(2)19(3)18-8)23-7-13(20)17-12-6-10(15(21)22)4-5-11(12)16/h4-6H,7H2,1-3H3,(H,17,20)(H,21,22). The Kier molecular flexibility index (Phi) is 4.63. The van der Waals surface area contributed by atoms with Gasteiger partial charge in [-0.15, -0.1) is 0 Å². The number of aromatic nitrogens is 2. The number of benzene rings is 1. The lowest BCUT2D eigenvalue weighted by molar-refractivity contribution is -0.118. The molecule has 0 aliphatic heterocycles. The van der Waals surface area contributed by atoms with E-state index in [4.69, 9.17) is 9.84 Å². The first kappa shape index (κ1) is 16.5. The molecule has 0 unspecified atom stereocenters. The molecule has 1 aromatic heterocycles. The quantitative estimate of drug-likeness (QED) is 0.877. The number of anilines is 1. The Bertz CT molecular complexity index is 770. The molecule has 0 atom stereocenters. The van der Waals surface area contributed by atoms with Crippen LogP contribution in [0.25, 0.3) is 0 Å². The van der Waals surface area contributed by atoms with E-state index in [0.717, 1.165) is 23.9 Å². The summed E-state index contributed by atoms with van der Waals surface area (Å²) in [6.07, 6.45) is 0. The first-order valence-corrected chi connectivity index (χ1v) is 6.75. The van der Waals surface area contributed by atoms with Gasteiger partial charge in [-0.1, -0.05) is 0 Å². The smallest absolute Gasteiger partial charge is 0.335 e. The molecule has 122 valence electrons. The summed E-state index contributed by atoms with van der Waals surface area (Å²) in [4.78, 5) is 22.7. The zero-order chi connectivity index (χ0) is 17.1. The number of aryl methyl sites for hydroxylation is 2. The van der Waals surface area contributed by atoms with Crippen LogP contribution in [0.4, 0.5) is 10.1 Å². The number of nitrogens with one attached hydrogen (secondary N) is 1. The summed E-state index contributed by atoms with van der Waals surface area (Å²) in [6, 6.07) is 3.15. The Morgan fingerprint density at radius 1 is 1.39 bits per heavy atom. The first-order chi connectivity index (χ1) is 10.8. The summed E-state index contributed by atoms with van der Waals surface area (Å²) in [5.41, 5.74) is 1.06. The van der Waals surface area contributed by atoms with Crippen LogP contribution in [-0.2, 0) is 11.8 Å². The molecule has 23 heavy (non-hydrogen) atoms. The number of rotatable bonds is 5. The molecule has 0 saturated carbocycles. The van der Waals surface area contributed by atoms with Gasteiger partial charge in [0, 0.05) is 7.05 Å². The van der Waals surface area contributed by atoms with Crippen LogP contribution in [0, 0.1) is 19.7 Å². The normalized spacial score (nSPS) is 10.4. The fourth-order valence-electron chi connectivity index (χ4n) is 2.04. The predicted molar refractivity (Wildman–Crippen MR) is 80.2 cm³/mol. The van der Waals surface area contributed by atoms with Gasteiger partial charge in [0.15, 0.2) is 12.4 Å². The number of amides is 1. The van der Waals surface area contributed by atoms with Gasteiger partial charge in [-0.3, -0.25) is 9.48 Å². The molecule has 0 radical (unpaired) electrons. The molecule has 2 rings (SSSR count). The van der Waals surface area contributed by atoms with Crippen LogP contribution < -0.4 is 10.1 Å². The third kappa shape index (κ3) is 3.65. The van der Waals surface area contributed by atoms with Crippen molar-refractivity contribution in [3.63, 3.8) is 0 Å². The predicted octanol–water partition coefficient (Wildman–Crippen LogP) is 1.89. The fraction of sp³-hybridized carbons (Fsp3) is 0.267. The van der Waals surface area contributed by atoms with Gasteiger partial charge < -0.3 is 15.2 Å². The Morgan fingerprint density at radius 3 is 2.65 bits per heavy atom. The Labute approximate surface area is 131 Å². The number of halogens is 1. The van der Waals surface area contributed by atoms with Crippen LogP contribution in [0.3, 0.4) is 0 Å². The van der Waals surface area contributed by atoms with Crippen LogP contribution >= 0.6 is 0 Å². The highest BCUT2D eigenvalue weighted by atomic mass is 19.1. The molecule has 8 heteroatoms. The van der Waals surface area contributed by atoms with Gasteiger partial charge in [-0.2, -0.15) is 5.10 Å². The summed E-state index contributed by atoms with van der Waals surface area (Å²) < 4.78 is 20.7. The maximum Gasteiger partial charge on any atom is 0.335 e. The van der Waals surface area contributed by atoms with E-state index in [2.05, 4.69) is 10.4 Å². The average Bonchev–Trinajstić information content (AvgIpc) is 2.72. The lowest BCUT2D eigenvalue weighted by atomic mass is 10.2. The van der Waals surface area contributed by atoms with Crippen LogP contribution in [0.15, 0.2) is 18.2 Å². The highest BCUT2D eigenvalue weighted by Crippen LogP contribution is 2.21. The summed E-state index contributed by atoms with van der Waals surface area (Å²) in [6.45, 7) is 3.20. The van der Waals surface area contributed by atoms with E-state index in [9.17, 15) is 14.0 Å². The monoisotopic (exact) mass is 321 g/mol. The SMILES string of the molecule is Cc1nn(C)c(C)c1OCC(=O)Nc1cc(C(=O)O)ccc1F. The lowest BCUT2D eigenvalue weighted by Gasteiger charge is -2.09. The van der Waals surface area contributed by atoms with Crippen molar-refractivity contribution < 1.29 is 23.8 Å². The largest absolute Gasteiger partial charge is 0.480 e. The molecule has 1 heterocycles. The van der Waals surface area contributed by atoms with E-state index < -0.39 is 17.7 Å². The van der Waals surface area contributed by atoms with Gasteiger partial charge in [0.1, 0.15) is 11.5 Å². The van der Waals surface area contributed by atoms with Crippen molar-refractivity contribution in [2.45, 2.75) is 13.8 Å². The number of hydrogen-bond donors (Lipinski definition) is 2. The Hall–Kier alpha value is -2.90. The van der Waals surface area contributed by atoms with Crippen molar-refractivity contribution in [3.05, 3.63) is 41.0 Å². The third-order valence-electron chi connectivity index (χ3n) is 3.28. The minimum atomic E-state index is -1.21. The van der Waals surface area contributed by atoms with E-state index in [1.165, 1.54) is 0 Å². The molecule has 2 aromatic rings. The Morgan fingerprint density at radius 2 is 2.09 bits per heavy atom. The third-order valence-corrected chi connectivity index (χ3v) is 3.28. The van der Waals surface area contributed by atoms with Crippen molar-refractivity contribution in [3.8, 4) is 5.75 Å².